The number of amides is 1. The monoisotopic (exact) mass is 337 g/mol. The average molecular weight is 337 g/mol. The Morgan fingerprint density at radius 1 is 1.28 bits per heavy atom. The minimum atomic E-state index is -0.0733. The predicted octanol–water partition coefficient (Wildman–Crippen LogP) is 2.44. The van der Waals surface area contributed by atoms with E-state index in [9.17, 15) is 4.79 Å². The highest BCUT2D eigenvalue weighted by Gasteiger charge is 2.17. The molecule has 0 radical (unpaired) electrons. The Balaban J connectivity index is 2.07. The maximum atomic E-state index is 12.8. The molecular formula is C19H23N5O. The molecule has 0 aliphatic carbocycles. The number of carbonyl (C=O) groups is 1. The first-order chi connectivity index (χ1) is 12.0. The summed E-state index contributed by atoms with van der Waals surface area (Å²) in [6.07, 6.45) is 1.61. The number of hydrogen-bond acceptors (Lipinski definition) is 5. The number of rotatable bonds is 6. The molecule has 2 N–H and O–H groups in total. The van der Waals surface area contributed by atoms with Gasteiger partial charge in [0.2, 0.25) is 0 Å². The van der Waals surface area contributed by atoms with E-state index in [-0.39, 0.29) is 5.91 Å². The van der Waals surface area contributed by atoms with Gasteiger partial charge in [-0.1, -0.05) is 11.6 Å². The van der Waals surface area contributed by atoms with Crippen molar-refractivity contribution >= 4 is 17.4 Å². The number of hydrogen-bond donors (Lipinski definition) is 1. The minimum Gasteiger partial charge on any atom is -0.398 e. The second kappa shape index (κ2) is 8.15. The van der Waals surface area contributed by atoms with Crippen LogP contribution in [0.2, 0.25) is 0 Å². The Labute approximate surface area is 148 Å². The lowest BCUT2D eigenvalue weighted by atomic mass is 10.1. The largest absolute Gasteiger partial charge is 0.398 e. The average Bonchev–Trinajstić information content (AvgIpc) is 2.63. The first-order valence-electron chi connectivity index (χ1n) is 8.19. The molecule has 130 valence electrons. The van der Waals surface area contributed by atoms with E-state index in [2.05, 4.69) is 11.1 Å². The molecule has 0 bridgehead atoms. The van der Waals surface area contributed by atoms with E-state index in [1.54, 1.807) is 29.3 Å². The number of nitrogen functional groups attached to an aromatic ring is 1. The molecular weight excluding hydrogens is 314 g/mol. The zero-order chi connectivity index (χ0) is 18.4. The second-order valence-corrected chi connectivity index (χ2v) is 5.91. The molecule has 0 spiro atoms. The van der Waals surface area contributed by atoms with Gasteiger partial charge in [-0.15, -0.1) is 0 Å². The summed E-state index contributed by atoms with van der Waals surface area (Å²) in [6, 6.07) is 11.0. The van der Waals surface area contributed by atoms with E-state index in [0.717, 1.165) is 5.56 Å². The van der Waals surface area contributed by atoms with Gasteiger partial charge in [0, 0.05) is 38.6 Å². The topological polar surface area (TPSA) is 86.2 Å². The van der Waals surface area contributed by atoms with E-state index in [4.69, 9.17) is 11.0 Å². The van der Waals surface area contributed by atoms with Crippen molar-refractivity contribution in [1.82, 2.24) is 9.88 Å². The van der Waals surface area contributed by atoms with Crippen LogP contribution in [0.3, 0.4) is 0 Å². The Bertz CT molecular complexity index is 797. The molecule has 25 heavy (non-hydrogen) atoms. The molecule has 2 aromatic rings. The molecule has 0 atom stereocenters. The molecule has 0 fully saturated rings. The SMILES string of the molecule is CCN(CCN(C)c1cc(C#N)ccn1)C(=O)c1cc(C)ccc1N. The van der Waals surface area contributed by atoms with E-state index in [1.165, 1.54) is 0 Å². The molecule has 6 heteroatoms. The number of pyridine rings is 1. The maximum absolute atomic E-state index is 12.8. The highest BCUT2D eigenvalue weighted by atomic mass is 16.2. The van der Waals surface area contributed by atoms with Gasteiger partial charge < -0.3 is 15.5 Å². The number of aryl methyl sites for hydroxylation is 1. The van der Waals surface area contributed by atoms with Crippen LogP contribution in [0, 0.1) is 18.3 Å². The van der Waals surface area contributed by atoms with Crippen LogP contribution in [-0.2, 0) is 0 Å². The third-order valence-electron chi connectivity index (χ3n) is 4.08. The second-order valence-electron chi connectivity index (χ2n) is 5.91. The van der Waals surface area contributed by atoms with Gasteiger partial charge in [-0.2, -0.15) is 5.26 Å². The zero-order valence-corrected chi connectivity index (χ0v) is 14.9. The van der Waals surface area contributed by atoms with Gasteiger partial charge in [-0.05, 0) is 38.1 Å². The quantitative estimate of drug-likeness (QED) is 0.818. The number of aromatic nitrogens is 1. The molecule has 1 aromatic carbocycles. The fourth-order valence-electron chi connectivity index (χ4n) is 2.51. The van der Waals surface area contributed by atoms with Crippen molar-refractivity contribution in [3.05, 3.63) is 53.2 Å². The summed E-state index contributed by atoms with van der Waals surface area (Å²) in [5.41, 5.74) is 8.56. The normalized spacial score (nSPS) is 10.2. The van der Waals surface area contributed by atoms with Gasteiger partial charge in [0.1, 0.15) is 5.82 Å². The number of nitrogens with zero attached hydrogens (tertiary/aromatic N) is 4. The van der Waals surface area contributed by atoms with Crippen LogP contribution in [0.4, 0.5) is 11.5 Å². The van der Waals surface area contributed by atoms with Gasteiger partial charge >= 0.3 is 0 Å². The first-order valence-corrected chi connectivity index (χ1v) is 8.19. The van der Waals surface area contributed by atoms with E-state index < -0.39 is 0 Å². The Hall–Kier alpha value is -3.07. The zero-order valence-electron chi connectivity index (χ0n) is 14.9. The third kappa shape index (κ3) is 4.48. The summed E-state index contributed by atoms with van der Waals surface area (Å²) in [7, 11) is 1.89. The molecule has 0 unspecified atom stereocenters. The predicted molar refractivity (Wildman–Crippen MR) is 99.4 cm³/mol. The highest BCUT2D eigenvalue weighted by molar-refractivity contribution is 5.99. The summed E-state index contributed by atoms with van der Waals surface area (Å²) in [5.74, 6) is 0.633. The van der Waals surface area contributed by atoms with Gasteiger partial charge in [0.15, 0.2) is 0 Å². The van der Waals surface area contributed by atoms with Crippen molar-refractivity contribution < 1.29 is 4.79 Å². The molecule has 6 nitrogen and oxygen atoms in total. The lowest BCUT2D eigenvalue weighted by molar-refractivity contribution is 0.0769. The van der Waals surface area contributed by atoms with Crippen LogP contribution < -0.4 is 10.6 Å². The molecule has 0 aliphatic rings. The fraction of sp³-hybridized carbons (Fsp3) is 0.316. The molecule has 2 rings (SSSR count). The summed E-state index contributed by atoms with van der Waals surface area (Å²) >= 11 is 0. The van der Waals surface area contributed by atoms with Gasteiger partial charge in [-0.25, -0.2) is 4.98 Å². The number of likely N-dealkylation sites (N-methyl/N-ethyl adjacent to an activating group) is 2. The maximum Gasteiger partial charge on any atom is 0.256 e. The van der Waals surface area contributed by atoms with Crippen LogP contribution in [0.1, 0.15) is 28.4 Å². The van der Waals surface area contributed by atoms with E-state index >= 15 is 0 Å². The van der Waals surface area contributed by atoms with E-state index in [0.29, 0.717) is 42.3 Å². The lowest BCUT2D eigenvalue weighted by Crippen LogP contribution is -2.38. The molecule has 0 saturated heterocycles. The van der Waals surface area contributed by atoms with Crippen LogP contribution in [-0.4, -0.2) is 42.5 Å². The van der Waals surface area contributed by atoms with E-state index in [1.807, 2.05) is 37.9 Å². The number of benzene rings is 1. The summed E-state index contributed by atoms with van der Waals surface area (Å²) in [4.78, 5) is 20.7. The fourth-order valence-corrected chi connectivity index (χ4v) is 2.51. The van der Waals surface area contributed by atoms with Crippen LogP contribution in [0.5, 0.6) is 0 Å². The summed E-state index contributed by atoms with van der Waals surface area (Å²) < 4.78 is 0. The first kappa shape index (κ1) is 18.3. The molecule has 1 aromatic heterocycles. The smallest absolute Gasteiger partial charge is 0.256 e. The van der Waals surface area contributed by atoms with Crippen LogP contribution in [0.15, 0.2) is 36.5 Å². The number of nitrogens with two attached hydrogens (primary N) is 1. The number of anilines is 2. The van der Waals surface area contributed by atoms with Gasteiger partial charge in [0.05, 0.1) is 17.2 Å². The van der Waals surface area contributed by atoms with Crippen molar-refractivity contribution in [2.45, 2.75) is 13.8 Å². The van der Waals surface area contributed by atoms with Crippen molar-refractivity contribution in [3.63, 3.8) is 0 Å². The molecule has 0 aliphatic heterocycles. The Morgan fingerprint density at radius 2 is 2.04 bits per heavy atom. The Morgan fingerprint density at radius 3 is 2.72 bits per heavy atom. The summed E-state index contributed by atoms with van der Waals surface area (Å²) in [6.45, 7) is 5.61. The van der Waals surface area contributed by atoms with Crippen molar-refractivity contribution in [1.29, 1.82) is 5.26 Å². The minimum absolute atomic E-state index is 0.0733. The van der Waals surface area contributed by atoms with Crippen LogP contribution in [0.25, 0.3) is 0 Å². The van der Waals surface area contributed by atoms with Crippen molar-refractivity contribution in [2.75, 3.05) is 37.3 Å². The Kier molecular flexibility index (Phi) is 5.96. The number of carbonyl (C=O) groups excluding carboxylic acids is 1. The molecule has 1 amide bonds. The highest BCUT2D eigenvalue weighted by Crippen LogP contribution is 2.17. The van der Waals surface area contributed by atoms with Gasteiger partial charge in [0.25, 0.3) is 5.91 Å². The van der Waals surface area contributed by atoms with Crippen molar-refractivity contribution in [2.24, 2.45) is 0 Å². The van der Waals surface area contributed by atoms with Gasteiger partial charge in [-0.3, -0.25) is 4.79 Å². The van der Waals surface area contributed by atoms with Crippen molar-refractivity contribution in [3.8, 4) is 6.07 Å². The lowest BCUT2D eigenvalue weighted by Gasteiger charge is -2.26. The standard InChI is InChI=1S/C19H23N5O/c1-4-24(19(25)16-11-14(2)5-6-17(16)21)10-9-23(3)18-12-15(13-20)7-8-22-18/h5-8,11-12H,4,9-10,21H2,1-3H3. The van der Waals surface area contributed by atoms with Crippen LogP contribution >= 0.6 is 0 Å². The molecule has 0 saturated carbocycles. The number of nitriles is 1. The third-order valence-corrected chi connectivity index (χ3v) is 4.08. The molecule has 1 heterocycles. The summed E-state index contributed by atoms with van der Waals surface area (Å²) in [5, 5.41) is 8.99.